The average molecular weight is 422 g/mol. The van der Waals surface area contributed by atoms with Crippen LogP contribution in [-0.4, -0.2) is 55.9 Å². The highest BCUT2D eigenvalue weighted by Gasteiger charge is 2.12. The number of nitrogens with one attached hydrogen (secondary N) is 2. The van der Waals surface area contributed by atoms with Crippen molar-refractivity contribution in [2.24, 2.45) is 4.99 Å². The number of amides is 1. The van der Waals surface area contributed by atoms with Crippen molar-refractivity contribution in [3.05, 3.63) is 70.8 Å². The summed E-state index contributed by atoms with van der Waals surface area (Å²) in [5.74, 6) is 0.779. The second-order valence-electron chi connectivity index (χ2n) is 8.28. The van der Waals surface area contributed by atoms with Crippen LogP contribution in [0.1, 0.15) is 46.3 Å². The van der Waals surface area contributed by atoms with Crippen molar-refractivity contribution >= 4 is 11.9 Å². The van der Waals surface area contributed by atoms with E-state index in [1.54, 1.807) is 26.0 Å². The summed E-state index contributed by atoms with van der Waals surface area (Å²) in [7, 11) is 5.31. The summed E-state index contributed by atoms with van der Waals surface area (Å²) in [5, 5.41) is 6.80. The van der Waals surface area contributed by atoms with Gasteiger partial charge in [0, 0.05) is 46.3 Å². The molecule has 0 atom stereocenters. The number of benzene rings is 2. The van der Waals surface area contributed by atoms with Crippen LogP contribution in [0.25, 0.3) is 0 Å². The number of piperidine rings is 1. The van der Waals surface area contributed by atoms with Crippen LogP contribution in [0.4, 0.5) is 0 Å². The minimum Gasteiger partial charge on any atom is -0.352 e. The Kier molecular flexibility index (Phi) is 8.47. The van der Waals surface area contributed by atoms with E-state index in [2.05, 4.69) is 44.8 Å². The van der Waals surface area contributed by atoms with Crippen LogP contribution >= 0.6 is 0 Å². The SMILES string of the molecule is CN=C(NCc1ccc(C(=O)N(C)C)cc1)NCc1ccccc1CN1CCCCC1. The molecule has 1 saturated heterocycles. The molecule has 0 saturated carbocycles. The molecule has 1 fully saturated rings. The van der Waals surface area contributed by atoms with Crippen molar-refractivity contribution in [1.82, 2.24) is 20.4 Å². The molecule has 1 heterocycles. The standard InChI is InChI=1S/C25H35N5O/c1-26-25(27-17-20-11-13-21(14-12-20)24(31)29(2)3)28-18-22-9-5-6-10-23(22)19-30-15-7-4-8-16-30/h5-6,9-14H,4,7-8,15-19H2,1-3H3,(H2,26,27,28). The number of hydrogen-bond acceptors (Lipinski definition) is 3. The number of likely N-dealkylation sites (tertiary alicyclic amines) is 1. The first-order valence-electron chi connectivity index (χ1n) is 11.1. The van der Waals surface area contributed by atoms with E-state index in [0.29, 0.717) is 12.1 Å². The van der Waals surface area contributed by atoms with Crippen molar-refractivity contribution in [2.75, 3.05) is 34.2 Å². The molecule has 0 bridgehead atoms. The third kappa shape index (κ3) is 6.82. The number of hydrogen-bond donors (Lipinski definition) is 2. The van der Waals surface area contributed by atoms with Crippen molar-refractivity contribution in [3.8, 4) is 0 Å². The van der Waals surface area contributed by atoms with Gasteiger partial charge in [-0.15, -0.1) is 0 Å². The summed E-state index contributed by atoms with van der Waals surface area (Å²) in [5.41, 5.74) is 4.49. The van der Waals surface area contributed by atoms with Gasteiger partial charge in [0.25, 0.3) is 5.91 Å². The lowest BCUT2D eigenvalue weighted by atomic mass is 10.0. The molecule has 1 amide bonds. The highest BCUT2D eigenvalue weighted by molar-refractivity contribution is 5.93. The Morgan fingerprint density at radius 1 is 0.935 bits per heavy atom. The molecule has 6 nitrogen and oxygen atoms in total. The van der Waals surface area contributed by atoms with Crippen LogP contribution in [0.15, 0.2) is 53.5 Å². The largest absolute Gasteiger partial charge is 0.352 e. The Balaban J connectivity index is 1.52. The summed E-state index contributed by atoms with van der Waals surface area (Å²) in [6, 6.07) is 16.3. The molecular formula is C25H35N5O. The molecule has 1 aliphatic rings. The molecule has 2 aromatic rings. The molecule has 6 heteroatoms. The molecule has 2 aromatic carbocycles. The lowest BCUT2D eigenvalue weighted by Gasteiger charge is -2.27. The van der Waals surface area contributed by atoms with Gasteiger partial charge in [0.1, 0.15) is 0 Å². The van der Waals surface area contributed by atoms with E-state index in [-0.39, 0.29) is 5.91 Å². The van der Waals surface area contributed by atoms with E-state index in [1.165, 1.54) is 43.5 Å². The zero-order chi connectivity index (χ0) is 22.1. The normalized spacial score (nSPS) is 14.9. The average Bonchev–Trinajstić information content (AvgIpc) is 2.80. The summed E-state index contributed by atoms with van der Waals surface area (Å²) >= 11 is 0. The summed E-state index contributed by atoms with van der Waals surface area (Å²) in [6.07, 6.45) is 3.97. The molecule has 0 aromatic heterocycles. The van der Waals surface area contributed by atoms with Gasteiger partial charge in [-0.25, -0.2) is 0 Å². The first-order chi connectivity index (χ1) is 15.1. The van der Waals surface area contributed by atoms with E-state index < -0.39 is 0 Å². The predicted molar refractivity (Wildman–Crippen MR) is 127 cm³/mol. The Bertz CT molecular complexity index is 870. The Morgan fingerprint density at radius 3 is 2.23 bits per heavy atom. The van der Waals surface area contributed by atoms with Crippen molar-refractivity contribution in [3.63, 3.8) is 0 Å². The topological polar surface area (TPSA) is 60.0 Å². The third-order valence-electron chi connectivity index (χ3n) is 5.70. The van der Waals surface area contributed by atoms with Crippen LogP contribution in [0.3, 0.4) is 0 Å². The van der Waals surface area contributed by atoms with Crippen molar-refractivity contribution in [1.29, 1.82) is 0 Å². The zero-order valence-electron chi connectivity index (χ0n) is 19.0. The Morgan fingerprint density at radius 2 is 1.58 bits per heavy atom. The number of guanidine groups is 1. The molecule has 166 valence electrons. The van der Waals surface area contributed by atoms with E-state index in [9.17, 15) is 4.79 Å². The van der Waals surface area contributed by atoms with Crippen LogP contribution < -0.4 is 10.6 Å². The number of carbonyl (C=O) groups is 1. The Labute approximate surface area is 186 Å². The number of rotatable bonds is 7. The van der Waals surface area contributed by atoms with Crippen LogP contribution in [0.5, 0.6) is 0 Å². The van der Waals surface area contributed by atoms with E-state index in [0.717, 1.165) is 24.6 Å². The van der Waals surface area contributed by atoms with Crippen LogP contribution in [0.2, 0.25) is 0 Å². The van der Waals surface area contributed by atoms with Crippen molar-refractivity contribution in [2.45, 2.75) is 38.9 Å². The summed E-state index contributed by atoms with van der Waals surface area (Å²) in [6.45, 7) is 4.79. The van der Waals surface area contributed by atoms with Gasteiger partial charge in [0.15, 0.2) is 5.96 Å². The molecule has 0 spiro atoms. The molecule has 3 rings (SSSR count). The van der Waals surface area contributed by atoms with Gasteiger partial charge in [-0.1, -0.05) is 42.8 Å². The first-order valence-corrected chi connectivity index (χ1v) is 11.1. The van der Waals surface area contributed by atoms with Gasteiger partial charge in [0.2, 0.25) is 0 Å². The maximum Gasteiger partial charge on any atom is 0.253 e. The molecule has 31 heavy (non-hydrogen) atoms. The van der Waals surface area contributed by atoms with Gasteiger partial charge in [-0.05, 0) is 54.8 Å². The van der Waals surface area contributed by atoms with Crippen LogP contribution in [0, 0.1) is 0 Å². The highest BCUT2D eigenvalue weighted by Crippen LogP contribution is 2.16. The molecule has 0 radical (unpaired) electrons. The fourth-order valence-corrected chi connectivity index (χ4v) is 3.85. The minimum atomic E-state index is 0.0141. The smallest absolute Gasteiger partial charge is 0.253 e. The lowest BCUT2D eigenvalue weighted by molar-refractivity contribution is 0.0827. The monoisotopic (exact) mass is 421 g/mol. The maximum absolute atomic E-state index is 12.0. The van der Waals surface area contributed by atoms with Gasteiger partial charge in [0.05, 0.1) is 0 Å². The summed E-state index contributed by atoms with van der Waals surface area (Å²) < 4.78 is 0. The van der Waals surface area contributed by atoms with Crippen LogP contribution in [-0.2, 0) is 19.6 Å². The fraction of sp³-hybridized carbons (Fsp3) is 0.440. The molecule has 0 unspecified atom stereocenters. The summed E-state index contributed by atoms with van der Waals surface area (Å²) in [4.78, 5) is 20.5. The number of nitrogens with zero attached hydrogens (tertiary/aromatic N) is 3. The lowest BCUT2D eigenvalue weighted by Crippen LogP contribution is -2.36. The molecular weight excluding hydrogens is 386 g/mol. The fourth-order valence-electron chi connectivity index (χ4n) is 3.85. The number of carbonyl (C=O) groups excluding carboxylic acids is 1. The van der Waals surface area contributed by atoms with E-state index in [4.69, 9.17) is 0 Å². The Hall–Kier alpha value is -2.86. The molecule has 1 aliphatic heterocycles. The van der Waals surface area contributed by atoms with E-state index >= 15 is 0 Å². The minimum absolute atomic E-state index is 0.0141. The molecule has 0 aliphatic carbocycles. The first kappa shape index (κ1) is 22.8. The van der Waals surface area contributed by atoms with Gasteiger partial charge < -0.3 is 15.5 Å². The zero-order valence-corrected chi connectivity index (χ0v) is 19.0. The second kappa shape index (κ2) is 11.5. The maximum atomic E-state index is 12.0. The quantitative estimate of drug-likeness (QED) is 0.532. The molecule has 2 N–H and O–H groups in total. The van der Waals surface area contributed by atoms with Gasteiger partial charge >= 0.3 is 0 Å². The van der Waals surface area contributed by atoms with Crippen molar-refractivity contribution < 1.29 is 4.79 Å². The predicted octanol–water partition coefficient (Wildman–Crippen LogP) is 3.24. The second-order valence-corrected chi connectivity index (χ2v) is 8.28. The highest BCUT2D eigenvalue weighted by atomic mass is 16.2. The van der Waals surface area contributed by atoms with Gasteiger partial charge in [-0.3, -0.25) is 14.7 Å². The number of aliphatic imine (C=N–C) groups is 1. The van der Waals surface area contributed by atoms with Gasteiger partial charge in [-0.2, -0.15) is 0 Å². The van der Waals surface area contributed by atoms with E-state index in [1.807, 2.05) is 24.3 Å². The third-order valence-corrected chi connectivity index (χ3v) is 5.70.